The molecule has 0 unspecified atom stereocenters. The highest BCUT2D eigenvalue weighted by Crippen LogP contribution is 2.29. The maximum Gasteiger partial charge on any atom is 0.307 e. The van der Waals surface area contributed by atoms with Crippen molar-refractivity contribution in [2.45, 2.75) is 6.42 Å². The number of aliphatic carboxylic acids is 1. The summed E-state index contributed by atoms with van der Waals surface area (Å²) in [6.07, 6.45) is -0.252. The molecule has 0 amide bonds. The van der Waals surface area contributed by atoms with Crippen LogP contribution in [0.4, 0.5) is 5.69 Å². The number of nitrogens with zero attached hydrogens (tertiary/aromatic N) is 1. The maximum absolute atomic E-state index is 10.8. The number of nitro groups is 1. The molecule has 0 bridgehead atoms. The van der Waals surface area contributed by atoms with Gasteiger partial charge < -0.3 is 9.84 Å². The molecule has 0 aliphatic heterocycles. The fraction of sp³-hybridized carbons (Fsp3) is 0.200. The second-order valence-electron chi connectivity index (χ2n) is 3.12. The minimum atomic E-state index is -1.20. The molecule has 90 valence electrons. The van der Waals surface area contributed by atoms with Crippen molar-refractivity contribution in [3.8, 4) is 5.75 Å². The number of hydrogen-bond acceptors (Lipinski definition) is 5. The Bertz CT molecular complexity index is 482. The van der Waals surface area contributed by atoms with E-state index in [-0.39, 0.29) is 23.2 Å². The lowest BCUT2D eigenvalue weighted by atomic mass is 10.0. The summed E-state index contributed by atoms with van der Waals surface area (Å²) in [5.74, 6) is -1.06. The van der Waals surface area contributed by atoms with Crippen LogP contribution in [0, 0.1) is 10.1 Å². The number of carboxylic acids is 1. The number of hydrogen-bond donors (Lipinski definition) is 1. The lowest BCUT2D eigenvalue weighted by Crippen LogP contribution is -2.08. The van der Waals surface area contributed by atoms with E-state index in [2.05, 4.69) is 0 Å². The molecule has 0 radical (unpaired) electrons. The molecule has 1 rings (SSSR count). The smallest absolute Gasteiger partial charge is 0.307 e. The summed E-state index contributed by atoms with van der Waals surface area (Å²) in [5.41, 5.74) is -0.696. The molecule has 0 spiro atoms. The number of nitro benzene ring substituents is 1. The highest BCUT2D eigenvalue weighted by atomic mass is 16.6. The van der Waals surface area contributed by atoms with Crippen molar-refractivity contribution in [2.24, 2.45) is 0 Å². The molecule has 7 nitrogen and oxygen atoms in total. The molecule has 0 aliphatic carbocycles. The third-order valence-electron chi connectivity index (χ3n) is 2.15. The van der Waals surface area contributed by atoms with Gasteiger partial charge in [0.1, 0.15) is 5.75 Å². The minimum Gasteiger partial charge on any atom is -0.496 e. The van der Waals surface area contributed by atoms with Crippen molar-refractivity contribution in [1.82, 2.24) is 0 Å². The summed E-state index contributed by atoms with van der Waals surface area (Å²) in [5, 5.41) is 19.4. The Balaban J connectivity index is 3.47. The zero-order valence-corrected chi connectivity index (χ0v) is 8.87. The van der Waals surface area contributed by atoms with Gasteiger partial charge in [-0.05, 0) is 6.07 Å². The quantitative estimate of drug-likeness (QED) is 0.467. The van der Waals surface area contributed by atoms with Gasteiger partial charge in [-0.3, -0.25) is 19.7 Å². The largest absolute Gasteiger partial charge is 0.496 e. The summed E-state index contributed by atoms with van der Waals surface area (Å²) in [6, 6.07) is 2.37. The average Bonchev–Trinajstić information content (AvgIpc) is 2.27. The highest BCUT2D eigenvalue weighted by molar-refractivity contribution is 5.87. The van der Waals surface area contributed by atoms with Crippen LogP contribution in [0.25, 0.3) is 0 Å². The molecule has 0 saturated heterocycles. The topological polar surface area (TPSA) is 107 Å². The second-order valence-corrected chi connectivity index (χ2v) is 3.12. The normalized spacial score (nSPS) is 9.71. The van der Waals surface area contributed by atoms with Gasteiger partial charge in [0.15, 0.2) is 6.29 Å². The fourth-order valence-corrected chi connectivity index (χ4v) is 1.45. The molecule has 0 atom stereocenters. The first kappa shape index (κ1) is 12.6. The minimum absolute atomic E-state index is 0.00389. The first-order chi connectivity index (χ1) is 8.01. The molecule has 0 aliphatic rings. The standard InChI is InChI=1S/C10H9NO6/c1-17-9-3-2-8(11(15)16)7(5-12)6(9)4-10(13)14/h2-3,5H,4H2,1H3,(H,13,14). The van der Waals surface area contributed by atoms with Gasteiger partial charge in [-0.15, -0.1) is 0 Å². The van der Waals surface area contributed by atoms with Crippen LogP contribution in [0.15, 0.2) is 12.1 Å². The van der Waals surface area contributed by atoms with E-state index >= 15 is 0 Å². The molecule has 17 heavy (non-hydrogen) atoms. The third kappa shape index (κ3) is 2.57. The van der Waals surface area contributed by atoms with Crippen LogP contribution >= 0.6 is 0 Å². The Hall–Kier alpha value is -2.44. The molecule has 7 heteroatoms. The molecular weight excluding hydrogens is 230 g/mol. The second kappa shape index (κ2) is 5.06. The first-order valence-corrected chi connectivity index (χ1v) is 4.52. The van der Waals surface area contributed by atoms with E-state index in [0.29, 0.717) is 0 Å². The molecule has 1 aromatic carbocycles. The van der Waals surface area contributed by atoms with Crippen LogP contribution in [-0.2, 0) is 11.2 Å². The monoisotopic (exact) mass is 239 g/mol. The molecule has 1 N–H and O–H groups in total. The fourth-order valence-electron chi connectivity index (χ4n) is 1.45. The summed E-state index contributed by atoms with van der Waals surface area (Å²) in [6.45, 7) is 0. The van der Waals surface area contributed by atoms with Crippen LogP contribution < -0.4 is 4.74 Å². The number of carboxylic acid groups (broad SMARTS) is 1. The molecule has 0 heterocycles. The van der Waals surface area contributed by atoms with Crippen molar-refractivity contribution in [1.29, 1.82) is 0 Å². The van der Waals surface area contributed by atoms with Crippen LogP contribution in [0.3, 0.4) is 0 Å². The van der Waals surface area contributed by atoms with E-state index in [1.807, 2.05) is 0 Å². The number of carbonyl (C=O) groups is 2. The Kier molecular flexibility index (Phi) is 3.76. The van der Waals surface area contributed by atoms with Gasteiger partial charge in [0.05, 0.1) is 24.0 Å². The van der Waals surface area contributed by atoms with Crippen LogP contribution in [-0.4, -0.2) is 29.4 Å². The number of rotatable bonds is 5. The Morgan fingerprint density at radius 1 is 1.59 bits per heavy atom. The summed E-state index contributed by atoms with van der Waals surface area (Å²) in [7, 11) is 1.29. The molecular formula is C10H9NO6. The number of methoxy groups -OCH3 is 1. The number of benzene rings is 1. The summed E-state index contributed by atoms with van der Waals surface area (Å²) >= 11 is 0. The van der Waals surface area contributed by atoms with Gasteiger partial charge in [-0.1, -0.05) is 0 Å². The van der Waals surface area contributed by atoms with E-state index in [0.717, 1.165) is 6.07 Å². The van der Waals surface area contributed by atoms with Crippen LogP contribution in [0.1, 0.15) is 15.9 Å². The zero-order chi connectivity index (χ0) is 13.0. The Morgan fingerprint density at radius 2 is 2.24 bits per heavy atom. The first-order valence-electron chi connectivity index (χ1n) is 4.52. The predicted molar refractivity (Wildman–Crippen MR) is 56.4 cm³/mol. The number of ether oxygens (including phenoxy) is 1. The number of carbonyl (C=O) groups excluding carboxylic acids is 1. The maximum atomic E-state index is 10.8. The van der Waals surface area contributed by atoms with Crippen molar-refractivity contribution in [2.75, 3.05) is 7.11 Å². The van der Waals surface area contributed by atoms with E-state index < -0.39 is 23.0 Å². The van der Waals surface area contributed by atoms with E-state index in [1.54, 1.807) is 0 Å². The van der Waals surface area contributed by atoms with Crippen molar-refractivity contribution >= 4 is 17.9 Å². The highest BCUT2D eigenvalue weighted by Gasteiger charge is 2.22. The molecule has 1 aromatic rings. The van der Waals surface area contributed by atoms with E-state index in [4.69, 9.17) is 9.84 Å². The van der Waals surface area contributed by atoms with E-state index in [1.165, 1.54) is 13.2 Å². The molecule has 0 fully saturated rings. The van der Waals surface area contributed by atoms with E-state index in [9.17, 15) is 19.7 Å². The van der Waals surface area contributed by atoms with Gasteiger partial charge in [0.2, 0.25) is 0 Å². The lowest BCUT2D eigenvalue weighted by molar-refractivity contribution is -0.385. The third-order valence-corrected chi connectivity index (χ3v) is 2.15. The summed E-state index contributed by atoms with van der Waals surface area (Å²) < 4.78 is 4.88. The van der Waals surface area contributed by atoms with Crippen molar-refractivity contribution in [3.05, 3.63) is 33.4 Å². The predicted octanol–water partition coefficient (Wildman–Crippen LogP) is 1.04. The van der Waals surface area contributed by atoms with Gasteiger partial charge in [-0.25, -0.2) is 0 Å². The lowest BCUT2D eigenvalue weighted by Gasteiger charge is -2.09. The van der Waals surface area contributed by atoms with Gasteiger partial charge in [0, 0.05) is 11.6 Å². The van der Waals surface area contributed by atoms with Gasteiger partial charge in [-0.2, -0.15) is 0 Å². The van der Waals surface area contributed by atoms with Crippen LogP contribution in [0.5, 0.6) is 5.75 Å². The molecule has 0 aromatic heterocycles. The zero-order valence-electron chi connectivity index (χ0n) is 8.87. The number of aldehydes is 1. The Labute approximate surface area is 95.8 Å². The van der Waals surface area contributed by atoms with Crippen LogP contribution in [0.2, 0.25) is 0 Å². The van der Waals surface area contributed by atoms with Crippen molar-refractivity contribution < 1.29 is 24.4 Å². The van der Waals surface area contributed by atoms with Gasteiger partial charge in [0.25, 0.3) is 5.69 Å². The average molecular weight is 239 g/mol. The van der Waals surface area contributed by atoms with Crippen molar-refractivity contribution in [3.63, 3.8) is 0 Å². The SMILES string of the molecule is COc1ccc([N+](=O)[O-])c(C=O)c1CC(=O)O. The van der Waals surface area contributed by atoms with Gasteiger partial charge >= 0.3 is 5.97 Å². The Morgan fingerprint density at radius 3 is 2.65 bits per heavy atom. The molecule has 0 saturated carbocycles. The summed E-state index contributed by atoms with van der Waals surface area (Å²) in [4.78, 5) is 31.4.